The van der Waals surface area contributed by atoms with Crippen LogP contribution in [-0.4, -0.2) is 42.8 Å². The first-order valence-electron chi connectivity index (χ1n) is 10.7. The molecular formula is C23H32N2O3. The van der Waals surface area contributed by atoms with Gasteiger partial charge in [-0.1, -0.05) is 0 Å². The summed E-state index contributed by atoms with van der Waals surface area (Å²) in [5, 5.41) is 2.98. The summed E-state index contributed by atoms with van der Waals surface area (Å²) < 4.78 is 13.3. The minimum Gasteiger partial charge on any atom is -0.448 e. The number of hydrogen-bond donors (Lipinski definition) is 1. The number of hydrogen-bond acceptors (Lipinski definition) is 4. The van der Waals surface area contributed by atoms with Gasteiger partial charge in [0, 0.05) is 35.5 Å². The van der Waals surface area contributed by atoms with Crippen molar-refractivity contribution in [1.29, 1.82) is 0 Å². The number of fused-ring (bicyclic) bond motifs is 5. The van der Waals surface area contributed by atoms with Gasteiger partial charge in [-0.05, 0) is 84.0 Å². The molecule has 5 aliphatic rings. The highest BCUT2D eigenvalue weighted by molar-refractivity contribution is 6.00. The summed E-state index contributed by atoms with van der Waals surface area (Å²) in [6.45, 7) is 6.92. The van der Waals surface area contributed by atoms with Crippen molar-refractivity contribution in [3.63, 3.8) is 0 Å². The molecule has 5 nitrogen and oxygen atoms in total. The normalized spacial score (nSPS) is 35.9. The molecule has 1 unspecified atom stereocenters. The van der Waals surface area contributed by atoms with Gasteiger partial charge in [0.1, 0.15) is 0 Å². The van der Waals surface area contributed by atoms with E-state index in [9.17, 15) is 4.79 Å². The topological polar surface area (TPSA) is 50.8 Å². The van der Waals surface area contributed by atoms with Gasteiger partial charge in [0.2, 0.25) is 0 Å². The average Bonchev–Trinajstić information content (AvgIpc) is 3.07. The number of carbonyl (C=O) groups is 1. The first-order chi connectivity index (χ1) is 13.2. The molecule has 2 aliphatic heterocycles. The van der Waals surface area contributed by atoms with E-state index in [2.05, 4.69) is 38.2 Å². The van der Waals surface area contributed by atoms with E-state index in [1.807, 2.05) is 6.92 Å². The van der Waals surface area contributed by atoms with Crippen molar-refractivity contribution in [2.75, 3.05) is 20.6 Å². The van der Waals surface area contributed by atoms with Crippen molar-refractivity contribution in [1.82, 2.24) is 10.2 Å². The third kappa shape index (κ3) is 2.14. The second-order valence-corrected chi connectivity index (χ2v) is 9.82. The van der Waals surface area contributed by atoms with Crippen LogP contribution in [0.2, 0.25) is 0 Å². The van der Waals surface area contributed by atoms with Crippen LogP contribution in [0.15, 0.2) is 0 Å². The van der Waals surface area contributed by atoms with Crippen molar-refractivity contribution in [2.45, 2.75) is 77.0 Å². The van der Waals surface area contributed by atoms with Crippen molar-refractivity contribution < 1.29 is 14.3 Å². The zero-order valence-electron chi connectivity index (χ0n) is 17.8. The molecule has 1 aromatic rings. The number of nitrogens with one attached hydrogen (secondary N) is 1. The smallest absolute Gasteiger partial charge is 0.254 e. The van der Waals surface area contributed by atoms with Gasteiger partial charge in [0.05, 0.1) is 0 Å². The highest BCUT2D eigenvalue weighted by atomic mass is 16.7. The number of nitrogens with zero attached hydrogens (tertiary/aromatic N) is 1. The van der Waals surface area contributed by atoms with Gasteiger partial charge < -0.3 is 19.7 Å². The monoisotopic (exact) mass is 384 g/mol. The van der Waals surface area contributed by atoms with Gasteiger partial charge in [-0.25, -0.2) is 0 Å². The van der Waals surface area contributed by atoms with E-state index < -0.39 is 5.79 Å². The van der Waals surface area contributed by atoms with E-state index in [0.717, 1.165) is 59.4 Å². The van der Waals surface area contributed by atoms with E-state index in [0.29, 0.717) is 12.1 Å². The molecule has 2 heterocycles. The van der Waals surface area contributed by atoms with Crippen LogP contribution in [0.1, 0.15) is 72.5 Å². The van der Waals surface area contributed by atoms with Gasteiger partial charge in [0.25, 0.3) is 11.7 Å². The van der Waals surface area contributed by atoms with Crippen LogP contribution in [0.25, 0.3) is 0 Å². The molecule has 1 N–H and O–H groups in total. The molecule has 0 aromatic heterocycles. The molecule has 28 heavy (non-hydrogen) atoms. The second kappa shape index (κ2) is 5.65. The van der Waals surface area contributed by atoms with Gasteiger partial charge in [-0.3, -0.25) is 4.79 Å². The summed E-state index contributed by atoms with van der Waals surface area (Å²) in [6.07, 6.45) is 7.87. The Morgan fingerprint density at radius 1 is 0.929 bits per heavy atom. The van der Waals surface area contributed by atoms with E-state index >= 15 is 0 Å². The fraction of sp³-hybridized carbons (Fsp3) is 0.696. The molecule has 1 atom stereocenters. The predicted octanol–water partition coefficient (Wildman–Crippen LogP) is 3.73. The predicted molar refractivity (Wildman–Crippen MR) is 108 cm³/mol. The number of ether oxygens (including phenoxy) is 2. The zero-order chi connectivity index (χ0) is 19.9. The SMILES string of the molecule is Cc1c2c(c(C)c3c1OC(C)(C14CCC(N(C)C)(CC1)CC4)O3)C(=O)NCC2. The Bertz CT molecular complexity index is 851. The molecule has 1 aromatic carbocycles. The van der Waals surface area contributed by atoms with Gasteiger partial charge in [-0.15, -0.1) is 0 Å². The Morgan fingerprint density at radius 2 is 1.50 bits per heavy atom. The van der Waals surface area contributed by atoms with Crippen LogP contribution >= 0.6 is 0 Å². The molecule has 5 heteroatoms. The van der Waals surface area contributed by atoms with Gasteiger partial charge >= 0.3 is 0 Å². The lowest BCUT2D eigenvalue weighted by molar-refractivity contribution is -0.212. The molecule has 0 radical (unpaired) electrons. The molecule has 0 spiro atoms. The largest absolute Gasteiger partial charge is 0.448 e. The molecule has 3 fully saturated rings. The zero-order valence-corrected chi connectivity index (χ0v) is 17.8. The highest BCUT2D eigenvalue weighted by Gasteiger charge is 2.62. The van der Waals surface area contributed by atoms with Crippen LogP contribution in [0.4, 0.5) is 0 Å². The maximum absolute atomic E-state index is 12.5. The number of rotatable bonds is 2. The van der Waals surface area contributed by atoms with E-state index in [-0.39, 0.29) is 11.3 Å². The van der Waals surface area contributed by atoms with E-state index in [4.69, 9.17) is 9.47 Å². The summed E-state index contributed by atoms with van der Waals surface area (Å²) in [5.41, 5.74) is 4.34. The first-order valence-corrected chi connectivity index (χ1v) is 10.7. The Kier molecular flexibility index (Phi) is 3.69. The fourth-order valence-corrected chi connectivity index (χ4v) is 6.40. The molecule has 2 bridgehead atoms. The average molecular weight is 385 g/mol. The van der Waals surface area contributed by atoms with Gasteiger partial charge in [-0.2, -0.15) is 0 Å². The molecule has 152 valence electrons. The summed E-state index contributed by atoms with van der Waals surface area (Å²) in [7, 11) is 4.45. The molecule has 6 rings (SSSR count). The van der Waals surface area contributed by atoms with Crippen molar-refractivity contribution in [3.05, 3.63) is 22.3 Å². The molecule has 3 aliphatic carbocycles. The quantitative estimate of drug-likeness (QED) is 0.844. The lowest BCUT2D eigenvalue weighted by Gasteiger charge is -2.59. The molecule has 1 amide bonds. The fourth-order valence-electron chi connectivity index (χ4n) is 6.40. The van der Waals surface area contributed by atoms with E-state index in [1.165, 1.54) is 19.3 Å². The first kappa shape index (κ1) is 18.3. The van der Waals surface area contributed by atoms with Crippen molar-refractivity contribution in [3.8, 4) is 11.5 Å². The van der Waals surface area contributed by atoms with Crippen LogP contribution in [-0.2, 0) is 6.42 Å². The number of carbonyl (C=O) groups excluding carboxylic acids is 1. The molecule has 0 saturated heterocycles. The van der Waals surface area contributed by atoms with Crippen LogP contribution in [0.5, 0.6) is 11.5 Å². The minimum absolute atomic E-state index is 0.0196. The maximum Gasteiger partial charge on any atom is 0.254 e. The standard InChI is InChI=1S/C23H32N2O3/c1-14-16-6-13-24-20(26)17(16)15(2)19-18(14)27-21(3,28-19)22-7-10-23(11-8-22,12-9-22)25(4)5/h6-13H2,1-5H3,(H,24,26). The second-order valence-electron chi connectivity index (χ2n) is 9.82. The molecular weight excluding hydrogens is 352 g/mol. The maximum atomic E-state index is 12.5. The number of amides is 1. The van der Waals surface area contributed by atoms with Crippen molar-refractivity contribution >= 4 is 5.91 Å². The third-order valence-corrected chi connectivity index (χ3v) is 8.62. The Labute approximate surface area is 167 Å². The number of benzene rings is 1. The lowest BCUT2D eigenvalue weighted by Crippen LogP contribution is -2.62. The Morgan fingerprint density at radius 3 is 2.07 bits per heavy atom. The van der Waals surface area contributed by atoms with Crippen LogP contribution < -0.4 is 14.8 Å². The van der Waals surface area contributed by atoms with E-state index in [1.54, 1.807) is 0 Å². The summed E-state index contributed by atoms with van der Waals surface area (Å²) >= 11 is 0. The summed E-state index contributed by atoms with van der Waals surface area (Å²) in [4.78, 5) is 15.0. The minimum atomic E-state index is -0.649. The highest BCUT2D eigenvalue weighted by Crippen LogP contribution is 2.63. The van der Waals surface area contributed by atoms with Crippen molar-refractivity contribution in [2.24, 2.45) is 5.41 Å². The van der Waals surface area contributed by atoms with Crippen LogP contribution in [0, 0.1) is 19.3 Å². The summed E-state index contributed by atoms with van der Waals surface area (Å²) in [5.74, 6) is 1.04. The Hall–Kier alpha value is -1.75. The molecule has 3 saturated carbocycles. The lowest BCUT2D eigenvalue weighted by atomic mass is 9.54. The summed E-state index contributed by atoms with van der Waals surface area (Å²) in [6, 6.07) is 0. The van der Waals surface area contributed by atoms with Gasteiger partial charge in [0.15, 0.2) is 11.5 Å². The third-order valence-electron chi connectivity index (χ3n) is 8.62. The van der Waals surface area contributed by atoms with Crippen LogP contribution in [0.3, 0.4) is 0 Å². The Balaban J connectivity index is 1.53.